The van der Waals surface area contributed by atoms with E-state index >= 15 is 0 Å². The highest BCUT2D eigenvalue weighted by molar-refractivity contribution is 6.06. The minimum atomic E-state index is -0.198. The Morgan fingerprint density at radius 2 is 1.80 bits per heavy atom. The second-order valence-corrected chi connectivity index (χ2v) is 5.79. The van der Waals surface area contributed by atoms with Crippen LogP contribution in [0.1, 0.15) is 16.1 Å². The maximum Gasteiger partial charge on any atom is 0.257 e. The molecule has 0 radical (unpaired) electrons. The number of amides is 1. The fourth-order valence-electron chi connectivity index (χ4n) is 2.68. The van der Waals surface area contributed by atoms with Crippen LogP contribution in [0.15, 0.2) is 66.9 Å². The van der Waals surface area contributed by atoms with Crippen LogP contribution in [0.2, 0.25) is 0 Å². The predicted molar refractivity (Wildman–Crippen MR) is 98.5 cm³/mol. The molecule has 0 aliphatic carbocycles. The Labute approximate surface area is 144 Å². The summed E-state index contributed by atoms with van der Waals surface area (Å²) in [6.07, 6.45) is 1.58. The highest BCUT2D eigenvalue weighted by Gasteiger charge is 2.13. The molecule has 0 spiro atoms. The summed E-state index contributed by atoms with van der Waals surface area (Å²) in [5.41, 5.74) is 4.78. The lowest BCUT2D eigenvalue weighted by Gasteiger charge is -2.09. The van der Waals surface area contributed by atoms with Crippen molar-refractivity contribution in [3.63, 3.8) is 0 Å². The van der Waals surface area contributed by atoms with Gasteiger partial charge in [-0.2, -0.15) is 0 Å². The molecule has 0 bridgehead atoms. The third-order valence-corrected chi connectivity index (χ3v) is 3.99. The number of pyridine rings is 1. The van der Waals surface area contributed by atoms with Gasteiger partial charge < -0.3 is 10.3 Å². The molecule has 0 atom stereocenters. The van der Waals surface area contributed by atoms with E-state index in [-0.39, 0.29) is 5.91 Å². The number of aryl methyl sites for hydroxylation is 1. The van der Waals surface area contributed by atoms with Crippen LogP contribution < -0.4 is 5.32 Å². The van der Waals surface area contributed by atoms with E-state index in [1.54, 1.807) is 12.3 Å². The first-order valence-electron chi connectivity index (χ1n) is 7.99. The van der Waals surface area contributed by atoms with Crippen molar-refractivity contribution >= 4 is 22.6 Å². The quantitative estimate of drug-likeness (QED) is 0.592. The number of imidazole rings is 1. The topological polar surface area (TPSA) is 70.7 Å². The first-order valence-corrected chi connectivity index (χ1v) is 7.99. The third kappa shape index (κ3) is 2.99. The van der Waals surface area contributed by atoms with Crippen molar-refractivity contribution < 1.29 is 4.79 Å². The smallest absolute Gasteiger partial charge is 0.257 e. The van der Waals surface area contributed by atoms with Crippen LogP contribution in [0.25, 0.3) is 22.4 Å². The van der Waals surface area contributed by atoms with Gasteiger partial charge in [0.15, 0.2) is 0 Å². The lowest BCUT2D eigenvalue weighted by molar-refractivity contribution is 0.102. The van der Waals surface area contributed by atoms with E-state index in [9.17, 15) is 4.79 Å². The number of hydrogen-bond acceptors (Lipinski definition) is 3. The van der Waals surface area contributed by atoms with Crippen LogP contribution in [0.3, 0.4) is 0 Å². The van der Waals surface area contributed by atoms with Gasteiger partial charge in [-0.15, -0.1) is 0 Å². The standard InChI is InChI=1S/C20H16N4O/c1-13-10-11-14(12-21-13)20(25)24-16-7-3-2-6-15(16)19-22-17-8-4-5-9-18(17)23-19/h2-12H,1H3,(H,22,23)(H,24,25). The molecule has 2 heterocycles. The molecule has 0 unspecified atom stereocenters. The van der Waals surface area contributed by atoms with E-state index in [0.29, 0.717) is 11.3 Å². The number of hydrogen-bond donors (Lipinski definition) is 2. The van der Waals surface area contributed by atoms with Crippen LogP contribution in [0.5, 0.6) is 0 Å². The second-order valence-electron chi connectivity index (χ2n) is 5.79. The molecular formula is C20H16N4O. The molecule has 1 amide bonds. The van der Waals surface area contributed by atoms with Crippen LogP contribution in [0, 0.1) is 6.92 Å². The maximum atomic E-state index is 12.5. The average Bonchev–Trinajstić information content (AvgIpc) is 3.06. The minimum Gasteiger partial charge on any atom is -0.338 e. The predicted octanol–water partition coefficient (Wildman–Crippen LogP) is 4.19. The van der Waals surface area contributed by atoms with E-state index in [1.165, 1.54) is 0 Å². The number of nitrogens with zero attached hydrogens (tertiary/aromatic N) is 2. The Morgan fingerprint density at radius 3 is 2.60 bits per heavy atom. The van der Waals surface area contributed by atoms with Gasteiger partial charge in [-0.3, -0.25) is 9.78 Å². The first-order chi connectivity index (χ1) is 12.2. The molecule has 4 rings (SSSR count). The monoisotopic (exact) mass is 328 g/mol. The Hall–Kier alpha value is -3.47. The summed E-state index contributed by atoms with van der Waals surface area (Å²) in [6, 6.07) is 19.0. The van der Waals surface area contributed by atoms with Crippen molar-refractivity contribution in [3.8, 4) is 11.4 Å². The summed E-state index contributed by atoms with van der Waals surface area (Å²) in [4.78, 5) is 24.6. The molecule has 4 aromatic rings. The Morgan fingerprint density at radius 1 is 1.00 bits per heavy atom. The third-order valence-electron chi connectivity index (χ3n) is 3.99. The van der Waals surface area contributed by atoms with Crippen molar-refractivity contribution in [2.45, 2.75) is 6.92 Å². The molecule has 5 heteroatoms. The summed E-state index contributed by atoms with van der Waals surface area (Å²) < 4.78 is 0. The second kappa shape index (κ2) is 6.20. The number of para-hydroxylation sites is 3. The van der Waals surface area contributed by atoms with Gasteiger partial charge in [0.2, 0.25) is 0 Å². The van der Waals surface area contributed by atoms with Gasteiger partial charge in [0.1, 0.15) is 5.82 Å². The van der Waals surface area contributed by atoms with Gasteiger partial charge in [-0.25, -0.2) is 4.98 Å². The fourth-order valence-corrected chi connectivity index (χ4v) is 2.68. The molecule has 5 nitrogen and oxygen atoms in total. The van der Waals surface area contributed by atoms with Crippen molar-refractivity contribution in [1.82, 2.24) is 15.0 Å². The molecule has 122 valence electrons. The number of carbonyl (C=O) groups is 1. The summed E-state index contributed by atoms with van der Waals surface area (Å²) in [6.45, 7) is 1.89. The number of anilines is 1. The van der Waals surface area contributed by atoms with Crippen molar-refractivity contribution in [2.24, 2.45) is 0 Å². The van der Waals surface area contributed by atoms with Gasteiger partial charge in [-0.1, -0.05) is 24.3 Å². The molecule has 0 aliphatic heterocycles. The summed E-state index contributed by atoms with van der Waals surface area (Å²) in [5.74, 6) is 0.523. The highest BCUT2D eigenvalue weighted by Crippen LogP contribution is 2.27. The average molecular weight is 328 g/mol. The Kier molecular flexibility index (Phi) is 3.74. The number of aromatic nitrogens is 3. The van der Waals surface area contributed by atoms with E-state index in [1.807, 2.05) is 61.5 Å². The van der Waals surface area contributed by atoms with E-state index in [2.05, 4.69) is 20.3 Å². The van der Waals surface area contributed by atoms with Gasteiger partial charge in [0.05, 0.1) is 22.3 Å². The Bertz CT molecular complexity index is 1020. The molecule has 0 saturated carbocycles. The minimum absolute atomic E-state index is 0.198. The molecule has 2 aromatic heterocycles. The molecule has 0 saturated heterocycles. The molecule has 25 heavy (non-hydrogen) atoms. The van der Waals surface area contributed by atoms with E-state index in [0.717, 1.165) is 28.1 Å². The van der Waals surface area contributed by atoms with E-state index in [4.69, 9.17) is 0 Å². The van der Waals surface area contributed by atoms with Crippen molar-refractivity contribution in [1.29, 1.82) is 0 Å². The normalized spacial score (nSPS) is 10.8. The summed E-state index contributed by atoms with van der Waals surface area (Å²) >= 11 is 0. The Balaban J connectivity index is 1.69. The van der Waals surface area contributed by atoms with Crippen LogP contribution in [-0.4, -0.2) is 20.9 Å². The molecule has 0 aliphatic rings. The fraction of sp³-hybridized carbons (Fsp3) is 0.0500. The summed E-state index contributed by atoms with van der Waals surface area (Å²) in [7, 11) is 0. The van der Waals surface area contributed by atoms with Gasteiger partial charge >= 0.3 is 0 Å². The molecule has 0 fully saturated rings. The van der Waals surface area contributed by atoms with Crippen molar-refractivity contribution in [3.05, 3.63) is 78.1 Å². The first kappa shape index (κ1) is 15.1. The number of aromatic amines is 1. The van der Waals surface area contributed by atoms with Gasteiger partial charge in [0.25, 0.3) is 5.91 Å². The van der Waals surface area contributed by atoms with Crippen LogP contribution in [0.4, 0.5) is 5.69 Å². The number of fused-ring (bicyclic) bond motifs is 1. The number of rotatable bonds is 3. The largest absolute Gasteiger partial charge is 0.338 e. The lowest BCUT2D eigenvalue weighted by atomic mass is 10.1. The highest BCUT2D eigenvalue weighted by atomic mass is 16.1. The zero-order valence-electron chi connectivity index (χ0n) is 13.7. The van der Waals surface area contributed by atoms with E-state index < -0.39 is 0 Å². The number of nitrogens with one attached hydrogen (secondary N) is 2. The van der Waals surface area contributed by atoms with Gasteiger partial charge in [0, 0.05) is 17.5 Å². The number of carbonyl (C=O) groups excluding carboxylic acids is 1. The SMILES string of the molecule is Cc1ccc(C(=O)Nc2ccccc2-c2nc3ccccc3[nH]2)cn1. The molecule has 2 N–H and O–H groups in total. The lowest BCUT2D eigenvalue weighted by Crippen LogP contribution is -2.13. The molecular weight excluding hydrogens is 312 g/mol. The molecule has 2 aromatic carbocycles. The van der Waals surface area contributed by atoms with Crippen LogP contribution >= 0.6 is 0 Å². The van der Waals surface area contributed by atoms with Crippen LogP contribution in [-0.2, 0) is 0 Å². The summed E-state index contributed by atoms with van der Waals surface area (Å²) in [5, 5.41) is 2.95. The van der Waals surface area contributed by atoms with Crippen molar-refractivity contribution in [2.75, 3.05) is 5.32 Å². The zero-order valence-corrected chi connectivity index (χ0v) is 13.7. The zero-order chi connectivity index (χ0) is 17.2. The number of benzene rings is 2. The maximum absolute atomic E-state index is 12.5. The van der Waals surface area contributed by atoms with Gasteiger partial charge in [-0.05, 0) is 43.3 Å². The number of H-pyrrole nitrogens is 1.